The second-order valence-electron chi connectivity index (χ2n) is 2.74. The van der Waals surface area contributed by atoms with Crippen molar-refractivity contribution in [2.75, 3.05) is 7.11 Å². The molecule has 0 fully saturated rings. The Morgan fingerprint density at radius 2 is 1.91 bits per heavy atom. The fourth-order valence-electron chi connectivity index (χ4n) is 1.03. The van der Waals surface area contributed by atoms with Gasteiger partial charge in [-0.3, -0.25) is 0 Å². The zero-order valence-corrected chi connectivity index (χ0v) is 8.23. The summed E-state index contributed by atoms with van der Waals surface area (Å²) in [5, 5.41) is 0. The third-order valence-electron chi connectivity index (χ3n) is 1.77. The van der Waals surface area contributed by atoms with E-state index in [1.807, 2.05) is 6.07 Å². The molecular weight excluding hydrogens is 152 g/mol. The van der Waals surface area contributed by atoms with Crippen molar-refractivity contribution in [1.82, 2.24) is 0 Å². The standard InChI is InChI=1S/C9H14OSi/c1-10-11(2)8-9-6-4-3-5-7-9/h3-7,11H,8H2,1-2H3. The van der Waals surface area contributed by atoms with Crippen LogP contribution in [0.3, 0.4) is 0 Å². The lowest BCUT2D eigenvalue weighted by atomic mass is 10.2. The zero-order chi connectivity index (χ0) is 8.10. The zero-order valence-electron chi connectivity index (χ0n) is 7.08. The lowest BCUT2D eigenvalue weighted by Gasteiger charge is -2.06. The fourth-order valence-corrected chi connectivity index (χ4v) is 2.13. The lowest BCUT2D eigenvalue weighted by Crippen LogP contribution is -2.14. The van der Waals surface area contributed by atoms with E-state index in [2.05, 4.69) is 30.8 Å². The second-order valence-corrected chi connectivity index (χ2v) is 5.24. The molecular formula is C9H14OSi. The number of hydrogen-bond acceptors (Lipinski definition) is 1. The molecule has 0 amide bonds. The third-order valence-corrected chi connectivity index (χ3v) is 3.62. The maximum absolute atomic E-state index is 5.29. The SMILES string of the molecule is CO[SiH](C)Cc1ccccc1. The van der Waals surface area contributed by atoms with Gasteiger partial charge in [-0.1, -0.05) is 30.3 Å². The van der Waals surface area contributed by atoms with E-state index >= 15 is 0 Å². The van der Waals surface area contributed by atoms with E-state index in [0.717, 1.165) is 6.04 Å². The van der Waals surface area contributed by atoms with Crippen LogP contribution in [0.1, 0.15) is 5.56 Å². The molecule has 0 N–H and O–H groups in total. The first-order valence-electron chi connectivity index (χ1n) is 3.89. The van der Waals surface area contributed by atoms with E-state index in [9.17, 15) is 0 Å². The van der Waals surface area contributed by atoms with Crippen molar-refractivity contribution in [3.63, 3.8) is 0 Å². The van der Waals surface area contributed by atoms with Crippen LogP contribution in [0, 0.1) is 0 Å². The summed E-state index contributed by atoms with van der Waals surface area (Å²) in [7, 11) is 0.897. The Bertz CT molecular complexity index is 198. The van der Waals surface area contributed by atoms with E-state index in [4.69, 9.17) is 4.43 Å². The van der Waals surface area contributed by atoms with Gasteiger partial charge < -0.3 is 4.43 Å². The van der Waals surface area contributed by atoms with Crippen LogP contribution in [0.2, 0.25) is 6.55 Å². The normalized spacial score (nSPS) is 12.9. The molecule has 0 aliphatic heterocycles. The molecule has 0 aromatic heterocycles. The quantitative estimate of drug-likeness (QED) is 0.622. The summed E-state index contributed by atoms with van der Waals surface area (Å²) in [6.07, 6.45) is 0. The Kier molecular flexibility index (Phi) is 3.33. The average Bonchev–Trinajstić information content (AvgIpc) is 2.06. The lowest BCUT2D eigenvalue weighted by molar-refractivity contribution is 0.423. The Labute approximate surface area is 69.7 Å². The molecule has 0 spiro atoms. The van der Waals surface area contributed by atoms with Crippen molar-refractivity contribution in [3.8, 4) is 0 Å². The van der Waals surface area contributed by atoms with Gasteiger partial charge in [0, 0.05) is 7.11 Å². The molecule has 0 saturated heterocycles. The van der Waals surface area contributed by atoms with Gasteiger partial charge in [-0.25, -0.2) is 0 Å². The summed E-state index contributed by atoms with van der Waals surface area (Å²) < 4.78 is 5.29. The minimum absolute atomic E-state index is 0.908. The van der Waals surface area contributed by atoms with Crippen molar-refractivity contribution in [2.24, 2.45) is 0 Å². The summed E-state index contributed by atoms with van der Waals surface area (Å²) in [6.45, 7) is 2.22. The Morgan fingerprint density at radius 1 is 1.27 bits per heavy atom. The van der Waals surface area contributed by atoms with Gasteiger partial charge in [-0.05, 0) is 18.2 Å². The van der Waals surface area contributed by atoms with Crippen LogP contribution < -0.4 is 0 Å². The maximum atomic E-state index is 5.29. The highest BCUT2D eigenvalue weighted by Crippen LogP contribution is 2.01. The topological polar surface area (TPSA) is 9.23 Å². The first kappa shape index (κ1) is 8.49. The molecule has 0 aliphatic carbocycles. The Morgan fingerprint density at radius 3 is 2.45 bits per heavy atom. The summed E-state index contributed by atoms with van der Waals surface area (Å²) in [4.78, 5) is 0. The highest BCUT2D eigenvalue weighted by Gasteiger charge is 2.02. The molecule has 0 heterocycles. The van der Waals surface area contributed by atoms with Crippen molar-refractivity contribution >= 4 is 9.04 Å². The molecule has 2 heteroatoms. The van der Waals surface area contributed by atoms with Crippen molar-refractivity contribution in [2.45, 2.75) is 12.6 Å². The van der Waals surface area contributed by atoms with Gasteiger partial charge in [0.1, 0.15) is 0 Å². The minimum Gasteiger partial charge on any atom is -0.423 e. The molecule has 60 valence electrons. The van der Waals surface area contributed by atoms with Crippen LogP contribution in [-0.2, 0) is 10.5 Å². The molecule has 1 unspecified atom stereocenters. The molecule has 0 bridgehead atoms. The monoisotopic (exact) mass is 166 g/mol. The first-order valence-corrected chi connectivity index (χ1v) is 6.34. The number of rotatable bonds is 3. The molecule has 0 aliphatic rings. The first-order chi connectivity index (χ1) is 5.33. The largest absolute Gasteiger partial charge is 0.423 e. The smallest absolute Gasteiger partial charge is 0.177 e. The van der Waals surface area contributed by atoms with E-state index in [-0.39, 0.29) is 0 Å². The highest BCUT2D eigenvalue weighted by atomic mass is 28.3. The predicted molar refractivity (Wildman–Crippen MR) is 50.2 cm³/mol. The van der Waals surface area contributed by atoms with Crippen LogP contribution in [0.5, 0.6) is 0 Å². The summed E-state index contributed by atoms with van der Waals surface area (Å²) >= 11 is 0. The van der Waals surface area contributed by atoms with Crippen molar-refractivity contribution in [1.29, 1.82) is 0 Å². The fraction of sp³-hybridized carbons (Fsp3) is 0.333. The van der Waals surface area contributed by atoms with E-state index in [1.165, 1.54) is 5.56 Å². The van der Waals surface area contributed by atoms with Gasteiger partial charge in [0.2, 0.25) is 0 Å². The Balaban J connectivity index is 2.51. The number of benzene rings is 1. The third kappa shape index (κ3) is 2.86. The molecule has 1 atom stereocenters. The molecule has 0 saturated carbocycles. The maximum Gasteiger partial charge on any atom is 0.177 e. The van der Waals surface area contributed by atoms with Crippen LogP contribution in [-0.4, -0.2) is 16.2 Å². The molecule has 1 aromatic carbocycles. The number of hydrogen-bond donors (Lipinski definition) is 0. The molecule has 1 nitrogen and oxygen atoms in total. The summed E-state index contributed by atoms with van der Waals surface area (Å²) in [6, 6.07) is 11.6. The predicted octanol–water partition coefficient (Wildman–Crippen LogP) is 1.77. The molecule has 1 aromatic rings. The average molecular weight is 166 g/mol. The molecule has 11 heavy (non-hydrogen) atoms. The second kappa shape index (κ2) is 4.31. The minimum atomic E-state index is -0.908. The van der Waals surface area contributed by atoms with Gasteiger partial charge >= 0.3 is 0 Å². The van der Waals surface area contributed by atoms with E-state index < -0.39 is 9.04 Å². The molecule has 0 radical (unpaired) electrons. The van der Waals surface area contributed by atoms with Gasteiger partial charge in [-0.15, -0.1) is 0 Å². The van der Waals surface area contributed by atoms with Crippen molar-refractivity contribution < 1.29 is 4.43 Å². The molecule has 1 rings (SSSR count). The van der Waals surface area contributed by atoms with Gasteiger partial charge in [0.15, 0.2) is 9.04 Å². The van der Waals surface area contributed by atoms with Crippen LogP contribution >= 0.6 is 0 Å². The Hall–Kier alpha value is -0.603. The van der Waals surface area contributed by atoms with E-state index in [0.29, 0.717) is 0 Å². The van der Waals surface area contributed by atoms with Crippen LogP contribution in [0.15, 0.2) is 30.3 Å². The van der Waals surface area contributed by atoms with Gasteiger partial charge in [0.25, 0.3) is 0 Å². The van der Waals surface area contributed by atoms with Gasteiger partial charge in [0.05, 0.1) is 0 Å². The highest BCUT2D eigenvalue weighted by molar-refractivity contribution is 6.49. The van der Waals surface area contributed by atoms with E-state index in [1.54, 1.807) is 7.11 Å². The van der Waals surface area contributed by atoms with Crippen LogP contribution in [0.4, 0.5) is 0 Å². The summed E-state index contributed by atoms with van der Waals surface area (Å²) in [5.41, 5.74) is 1.40. The van der Waals surface area contributed by atoms with Crippen LogP contribution in [0.25, 0.3) is 0 Å². The summed E-state index contributed by atoms with van der Waals surface area (Å²) in [5.74, 6) is 0. The van der Waals surface area contributed by atoms with Gasteiger partial charge in [-0.2, -0.15) is 0 Å². The van der Waals surface area contributed by atoms with Crippen molar-refractivity contribution in [3.05, 3.63) is 35.9 Å².